The minimum atomic E-state index is -1.97. The quantitative estimate of drug-likeness (QED) is 0.354. The first-order valence-corrected chi connectivity index (χ1v) is 2.84. The monoisotopic (exact) mass is 134 g/mol. The van der Waals surface area contributed by atoms with E-state index < -0.39 is 11.4 Å². The first kappa shape index (κ1) is 8.84. The Balaban J connectivity index is 4.14. The van der Waals surface area contributed by atoms with Crippen molar-refractivity contribution in [3.05, 3.63) is 0 Å². The Morgan fingerprint density at radius 2 is 1.67 bits per heavy atom. The fourth-order valence-corrected chi connectivity index (χ4v) is 0.381. The first-order valence-electron chi connectivity index (χ1n) is 2.84. The van der Waals surface area contributed by atoms with E-state index >= 15 is 0 Å². The van der Waals surface area contributed by atoms with E-state index in [-0.39, 0.29) is 6.42 Å². The molecule has 0 rings (SSSR count). The summed E-state index contributed by atoms with van der Waals surface area (Å²) in [5, 5.41) is 17.9. The van der Waals surface area contributed by atoms with Crippen LogP contribution in [0.4, 0.5) is 0 Å². The van der Waals surface area contributed by atoms with Crippen molar-refractivity contribution in [1.29, 1.82) is 0 Å². The minimum Gasteiger partial charge on any atom is -0.363 e. The van der Waals surface area contributed by atoms with Gasteiger partial charge in [-0.2, -0.15) is 0 Å². The molecule has 0 aliphatic carbocycles. The summed E-state index contributed by atoms with van der Waals surface area (Å²) in [6, 6.07) is 0. The number of nitrogens with two attached hydrogens (primary N) is 2. The molecule has 56 valence electrons. The van der Waals surface area contributed by atoms with Crippen LogP contribution in [0.5, 0.6) is 0 Å². The van der Waals surface area contributed by atoms with Gasteiger partial charge in [0.1, 0.15) is 5.66 Å². The molecule has 4 nitrogen and oxygen atoms in total. The van der Waals surface area contributed by atoms with Gasteiger partial charge in [0.05, 0.1) is 0 Å². The summed E-state index contributed by atoms with van der Waals surface area (Å²) in [7, 11) is 0. The van der Waals surface area contributed by atoms with Crippen molar-refractivity contribution >= 4 is 0 Å². The zero-order valence-electron chi connectivity index (χ0n) is 5.76. The van der Waals surface area contributed by atoms with Crippen LogP contribution in [0, 0.1) is 0 Å². The number of hydrogen-bond acceptors (Lipinski definition) is 4. The zero-order chi connectivity index (χ0) is 7.71. The Kier molecular flexibility index (Phi) is 2.19. The van der Waals surface area contributed by atoms with E-state index in [4.69, 9.17) is 21.7 Å². The van der Waals surface area contributed by atoms with Crippen LogP contribution < -0.4 is 11.5 Å². The molecule has 0 aliphatic heterocycles. The van der Waals surface area contributed by atoms with Crippen LogP contribution in [0.15, 0.2) is 0 Å². The molecule has 0 saturated heterocycles. The highest BCUT2D eigenvalue weighted by molar-refractivity contribution is 4.85. The van der Waals surface area contributed by atoms with Gasteiger partial charge in [0.25, 0.3) is 0 Å². The predicted molar refractivity (Wildman–Crippen MR) is 34.2 cm³/mol. The SMILES string of the molecule is CCC(O)(O)C(C)(N)N. The molecule has 0 spiro atoms. The summed E-state index contributed by atoms with van der Waals surface area (Å²) in [6.07, 6.45) is 0.122. The van der Waals surface area contributed by atoms with Crippen LogP contribution in [0.1, 0.15) is 20.3 Å². The second kappa shape index (κ2) is 2.22. The van der Waals surface area contributed by atoms with Gasteiger partial charge in [-0.25, -0.2) is 0 Å². The fourth-order valence-electron chi connectivity index (χ4n) is 0.381. The maximum atomic E-state index is 8.97. The number of aliphatic hydroxyl groups is 2. The molecule has 0 amide bonds. The molecule has 0 fully saturated rings. The Morgan fingerprint density at radius 3 is 1.67 bits per heavy atom. The summed E-state index contributed by atoms with van der Waals surface area (Å²) in [5.41, 5.74) is 8.96. The minimum absolute atomic E-state index is 0.122. The third-order valence-corrected chi connectivity index (χ3v) is 1.36. The highest BCUT2D eigenvalue weighted by atomic mass is 16.5. The standard InChI is InChI=1S/C5H14N2O2/c1-3-5(8,9)4(2,6)7/h8-9H,3,6-7H2,1-2H3. The first-order chi connectivity index (χ1) is 3.81. The highest BCUT2D eigenvalue weighted by Gasteiger charge is 2.37. The summed E-state index contributed by atoms with van der Waals surface area (Å²) in [5.74, 6) is -1.97. The topological polar surface area (TPSA) is 92.5 Å². The van der Waals surface area contributed by atoms with Crippen LogP contribution in [0.2, 0.25) is 0 Å². The normalized spacial score (nSPS) is 14.0. The van der Waals surface area contributed by atoms with Gasteiger partial charge in [-0.1, -0.05) is 6.92 Å². The highest BCUT2D eigenvalue weighted by Crippen LogP contribution is 2.13. The Labute approximate surface area is 54.5 Å². The van der Waals surface area contributed by atoms with Gasteiger partial charge in [0.15, 0.2) is 5.79 Å². The van der Waals surface area contributed by atoms with E-state index in [0.29, 0.717) is 0 Å². The summed E-state index contributed by atoms with van der Waals surface area (Å²) >= 11 is 0. The molecule has 4 heteroatoms. The third-order valence-electron chi connectivity index (χ3n) is 1.36. The van der Waals surface area contributed by atoms with E-state index in [2.05, 4.69) is 0 Å². The van der Waals surface area contributed by atoms with Crippen LogP contribution in [0.25, 0.3) is 0 Å². The molecular weight excluding hydrogens is 120 g/mol. The van der Waals surface area contributed by atoms with Crippen molar-refractivity contribution < 1.29 is 10.2 Å². The van der Waals surface area contributed by atoms with E-state index in [1.165, 1.54) is 6.92 Å². The second-order valence-corrected chi connectivity index (χ2v) is 2.45. The number of rotatable bonds is 2. The lowest BCUT2D eigenvalue weighted by Crippen LogP contribution is -2.64. The average molecular weight is 134 g/mol. The van der Waals surface area contributed by atoms with Crippen molar-refractivity contribution in [3.8, 4) is 0 Å². The smallest absolute Gasteiger partial charge is 0.194 e. The molecule has 9 heavy (non-hydrogen) atoms. The molecule has 0 aromatic carbocycles. The summed E-state index contributed by atoms with van der Waals surface area (Å²) in [6.45, 7) is 2.95. The third kappa shape index (κ3) is 1.91. The van der Waals surface area contributed by atoms with Crippen molar-refractivity contribution in [2.45, 2.75) is 31.7 Å². The summed E-state index contributed by atoms with van der Waals surface area (Å²) < 4.78 is 0. The van der Waals surface area contributed by atoms with E-state index in [9.17, 15) is 0 Å². The van der Waals surface area contributed by atoms with Gasteiger partial charge in [-0.3, -0.25) is 0 Å². The second-order valence-electron chi connectivity index (χ2n) is 2.45. The molecule has 0 saturated carbocycles. The van der Waals surface area contributed by atoms with Crippen LogP contribution in [-0.2, 0) is 0 Å². The van der Waals surface area contributed by atoms with Gasteiger partial charge < -0.3 is 21.7 Å². The van der Waals surface area contributed by atoms with Crippen LogP contribution >= 0.6 is 0 Å². The van der Waals surface area contributed by atoms with Gasteiger partial charge in [0, 0.05) is 6.42 Å². The molecule has 0 radical (unpaired) electrons. The van der Waals surface area contributed by atoms with Crippen LogP contribution in [0.3, 0.4) is 0 Å². The molecule has 0 heterocycles. The molecule has 6 N–H and O–H groups in total. The molecule has 0 aromatic rings. The number of hydrogen-bond donors (Lipinski definition) is 4. The van der Waals surface area contributed by atoms with Gasteiger partial charge in [-0.15, -0.1) is 0 Å². The maximum Gasteiger partial charge on any atom is 0.194 e. The Morgan fingerprint density at radius 1 is 1.33 bits per heavy atom. The van der Waals surface area contributed by atoms with Gasteiger partial charge in [0.2, 0.25) is 0 Å². The van der Waals surface area contributed by atoms with Crippen molar-refractivity contribution in [3.63, 3.8) is 0 Å². The van der Waals surface area contributed by atoms with E-state index in [0.717, 1.165) is 0 Å². The summed E-state index contributed by atoms with van der Waals surface area (Å²) in [4.78, 5) is 0. The van der Waals surface area contributed by atoms with Crippen LogP contribution in [-0.4, -0.2) is 21.7 Å². The lowest BCUT2D eigenvalue weighted by Gasteiger charge is -2.33. The largest absolute Gasteiger partial charge is 0.363 e. The van der Waals surface area contributed by atoms with E-state index in [1.807, 2.05) is 0 Å². The Hall–Kier alpha value is -0.160. The lowest BCUT2D eigenvalue weighted by molar-refractivity contribution is -0.205. The lowest BCUT2D eigenvalue weighted by atomic mass is 10.0. The molecule has 0 unspecified atom stereocenters. The van der Waals surface area contributed by atoms with Gasteiger partial charge >= 0.3 is 0 Å². The van der Waals surface area contributed by atoms with Crippen molar-refractivity contribution in [2.75, 3.05) is 0 Å². The average Bonchev–Trinajstić information content (AvgIpc) is 1.64. The molecular formula is C5H14N2O2. The fraction of sp³-hybridized carbons (Fsp3) is 1.00. The Bertz CT molecular complexity index is 95.6. The maximum absolute atomic E-state index is 8.97. The predicted octanol–water partition coefficient (Wildman–Crippen LogP) is -1.29. The van der Waals surface area contributed by atoms with Crippen molar-refractivity contribution in [2.24, 2.45) is 11.5 Å². The van der Waals surface area contributed by atoms with Crippen molar-refractivity contribution in [1.82, 2.24) is 0 Å². The molecule has 0 aromatic heterocycles. The zero-order valence-corrected chi connectivity index (χ0v) is 5.76. The molecule has 0 bridgehead atoms. The molecule has 0 atom stereocenters. The molecule has 0 aliphatic rings. The van der Waals surface area contributed by atoms with Gasteiger partial charge in [-0.05, 0) is 6.92 Å². The van der Waals surface area contributed by atoms with E-state index in [1.54, 1.807) is 6.92 Å².